The Morgan fingerprint density at radius 2 is 1.84 bits per heavy atom. The van der Waals surface area contributed by atoms with Crippen molar-refractivity contribution in [3.05, 3.63) is 72.7 Å². The van der Waals surface area contributed by atoms with Crippen LogP contribution in [-0.4, -0.2) is 31.7 Å². The molecule has 0 bridgehead atoms. The van der Waals surface area contributed by atoms with Crippen LogP contribution in [0.5, 0.6) is 17.2 Å². The van der Waals surface area contributed by atoms with Gasteiger partial charge < -0.3 is 14.8 Å². The summed E-state index contributed by atoms with van der Waals surface area (Å²) in [5, 5.41) is 7.50. The summed E-state index contributed by atoms with van der Waals surface area (Å²) in [5.74, 6) is 1.32. The van der Waals surface area contributed by atoms with E-state index in [4.69, 9.17) is 9.47 Å². The molecule has 0 atom stereocenters. The number of hydrogen-bond donors (Lipinski definition) is 1. The molecule has 1 N–H and O–H groups in total. The lowest BCUT2D eigenvalue weighted by Crippen LogP contribution is -2.00. The minimum atomic E-state index is -0.511. The molecule has 0 spiro atoms. The van der Waals surface area contributed by atoms with Crippen molar-refractivity contribution in [2.75, 3.05) is 12.4 Å². The molecule has 8 nitrogen and oxygen atoms in total. The number of ether oxygens (including phenoxy) is 2. The topological polar surface area (TPSA) is 86.5 Å². The zero-order chi connectivity index (χ0) is 21.4. The van der Waals surface area contributed by atoms with Crippen molar-refractivity contribution in [1.29, 1.82) is 0 Å². The van der Waals surface area contributed by atoms with Gasteiger partial charge in [0.2, 0.25) is 0 Å². The lowest BCUT2D eigenvalue weighted by molar-refractivity contribution is 0.389. The molecule has 0 radical (unpaired) electrons. The van der Waals surface area contributed by atoms with Crippen LogP contribution in [0.4, 0.5) is 15.9 Å². The molecule has 0 aliphatic carbocycles. The number of hydrogen-bond acceptors (Lipinski definition) is 7. The van der Waals surface area contributed by atoms with Gasteiger partial charge in [0.15, 0.2) is 17.2 Å². The van der Waals surface area contributed by atoms with Crippen LogP contribution in [-0.2, 0) is 0 Å². The van der Waals surface area contributed by atoms with Crippen LogP contribution in [0, 0.1) is 12.7 Å². The molecule has 0 saturated heterocycles. The largest absolute Gasteiger partial charge is 0.494 e. The first-order valence-electron chi connectivity index (χ1n) is 9.44. The van der Waals surface area contributed by atoms with Gasteiger partial charge in [-0.15, -0.1) is 0 Å². The number of pyridine rings is 1. The van der Waals surface area contributed by atoms with Gasteiger partial charge in [-0.25, -0.2) is 23.9 Å². The maximum absolute atomic E-state index is 14.8. The van der Waals surface area contributed by atoms with Gasteiger partial charge in [-0.2, -0.15) is 5.10 Å². The number of rotatable bonds is 5. The van der Waals surface area contributed by atoms with Gasteiger partial charge in [-0.3, -0.25) is 0 Å². The van der Waals surface area contributed by atoms with Crippen LogP contribution in [0.25, 0.3) is 16.6 Å². The van der Waals surface area contributed by atoms with E-state index in [0.717, 1.165) is 11.3 Å². The van der Waals surface area contributed by atoms with Crippen LogP contribution in [0.2, 0.25) is 0 Å². The smallest absolute Gasteiger partial charge is 0.178 e. The van der Waals surface area contributed by atoms with Gasteiger partial charge in [-0.1, -0.05) is 0 Å². The Bertz CT molecular complexity index is 1420. The average Bonchev–Trinajstić information content (AvgIpc) is 3.24. The Balaban J connectivity index is 1.44. The van der Waals surface area contributed by atoms with Crippen molar-refractivity contribution in [2.45, 2.75) is 6.92 Å². The predicted octanol–water partition coefficient (Wildman–Crippen LogP) is 4.66. The number of aryl methyl sites for hydroxylation is 1. The van der Waals surface area contributed by atoms with Gasteiger partial charge in [0.25, 0.3) is 0 Å². The summed E-state index contributed by atoms with van der Waals surface area (Å²) in [5.41, 5.74) is 2.81. The second-order valence-corrected chi connectivity index (χ2v) is 6.83. The summed E-state index contributed by atoms with van der Waals surface area (Å²) in [6.07, 6.45) is 4.66. The zero-order valence-electron chi connectivity index (χ0n) is 16.7. The maximum atomic E-state index is 14.8. The molecule has 31 heavy (non-hydrogen) atoms. The van der Waals surface area contributed by atoms with E-state index >= 15 is 0 Å². The van der Waals surface area contributed by atoms with Crippen molar-refractivity contribution in [2.24, 2.45) is 0 Å². The average molecular weight is 416 g/mol. The van der Waals surface area contributed by atoms with Crippen LogP contribution < -0.4 is 14.8 Å². The van der Waals surface area contributed by atoms with Gasteiger partial charge in [0, 0.05) is 18.0 Å². The highest BCUT2D eigenvalue weighted by molar-refractivity contribution is 5.92. The van der Waals surface area contributed by atoms with E-state index in [1.54, 1.807) is 22.8 Å². The van der Waals surface area contributed by atoms with Crippen molar-refractivity contribution >= 4 is 28.1 Å². The maximum Gasteiger partial charge on any atom is 0.178 e. The molecule has 0 fully saturated rings. The Labute approximate surface area is 176 Å². The van der Waals surface area contributed by atoms with Gasteiger partial charge >= 0.3 is 0 Å². The van der Waals surface area contributed by atoms with Crippen LogP contribution in [0.1, 0.15) is 5.56 Å². The molecule has 0 amide bonds. The fourth-order valence-corrected chi connectivity index (χ4v) is 3.31. The highest BCUT2D eigenvalue weighted by Crippen LogP contribution is 2.33. The van der Waals surface area contributed by atoms with E-state index in [-0.39, 0.29) is 11.1 Å². The molecular formula is C22H17FN6O2. The second kappa shape index (κ2) is 7.52. The standard InChI is InChI=1S/C22H17FN6O2/c1-13-9-14(3-5-17(13)31-15-7-8-29-19(10-15)25-12-27-29)28-22-20-16(24-11-26-22)4-6-18(30-2)21(20)23/h3-12H,1-2H3,(H,24,26,28). The number of anilines is 2. The van der Waals surface area contributed by atoms with E-state index in [1.807, 2.05) is 37.3 Å². The number of nitrogens with one attached hydrogen (secondary N) is 1. The minimum absolute atomic E-state index is 0.134. The monoisotopic (exact) mass is 416 g/mol. The predicted molar refractivity (Wildman–Crippen MR) is 114 cm³/mol. The van der Waals surface area contributed by atoms with Gasteiger partial charge in [0.05, 0.1) is 18.0 Å². The molecule has 3 heterocycles. The van der Waals surface area contributed by atoms with Crippen molar-refractivity contribution in [1.82, 2.24) is 24.6 Å². The lowest BCUT2D eigenvalue weighted by Gasteiger charge is -2.13. The molecule has 9 heteroatoms. The summed E-state index contributed by atoms with van der Waals surface area (Å²) in [7, 11) is 1.42. The Morgan fingerprint density at radius 1 is 0.968 bits per heavy atom. The second-order valence-electron chi connectivity index (χ2n) is 6.83. The summed E-state index contributed by atoms with van der Waals surface area (Å²) in [6.45, 7) is 1.93. The first-order valence-corrected chi connectivity index (χ1v) is 9.44. The van der Waals surface area contributed by atoms with Crippen LogP contribution in [0.3, 0.4) is 0 Å². The normalized spacial score (nSPS) is 11.1. The lowest BCUT2D eigenvalue weighted by atomic mass is 10.1. The molecular weight excluding hydrogens is 399 g/mol. The Hall–Kier alpha value is -4.27. The highest BCUT2D eigenvalue weighted by atomic mass is 19.1. The van der Waals surface area contributed by atoms with Crippen LogP contribution >= 0.6 is 0 Å². The van der Waals surface area contributed by atoms with Gasteiger partial charge in [0.1, 0.15) is 30.0 Å². The van der Waals surface area contributed by atoms with Crippen molar-refractivity contribution < 1.29 is 13.9 Å². The number of methoxy groups -OCH3 is 1. The fourth-order valence-electron chi connectivity index (χ4n) is 3.31. The van der Waals surface area contributed by atoms with E-state index in [1.165, 1.54) is 19.8 Å². The van der Waals surface area contributed by atoms with Gasteiger partial charge in [-0.05, 0) is 48.9 Å². The Morgan fingerprint density at radius 3 is 2.68 bits per heavy atom. The molecule has 3 aromatic heterocycles. The number of halogens is 1. The highest BCUT2D eigenvalue weighted by Gasteiger charge is 2.14. The molecule has 5 rings (SSSR count). The SMILES string of the molecule is COc1ccc2ncnc(Nc3ccc(Oc4ccn5ncnc5c4)c(C)c3)c2c1F. The van der Waals surface area contributed by atoms with Crippen LogP contribution in [0.15, 0.2) is 61.3 Å². The van der Waals surface area contributed by atoms with Crippen molar-refractivity contribution in [3.8, 4) is 17.2 Å². The minimum Gasteiger partial charge on any atom is -0.494 e. The first-order chi connectivity index (χ1) is 15.1. The molecule has 0 aliphatic heterocycles. The zero-order valence-corrected chi connectivity index (χ0v) is 16.7. The summed E-state index contributed by atoms with van der Waals surface area (Å²) in [4.78, 5) is 12.5. The fraction of sp³-hybridized carbons (Fsp3) is 0.0909. The number of benzene rings is 2. The Kier molecular flexibility index (Phi) is 4.55. The summed E-state index contributed by atoms with van der Waals surface area (Å²) in [6, 6.07) is 12.4. The third-order valence-electron chi connectivity index (χ3n) is 4.84. The summed E-state index contributed by atoms with van der Waals surface area (Å²) >= 11 is 0. The van der Waals surface area contributed by atoms with E-state index < -0.39 is 5.82 Å². The third-order valence-corrected chi connectivity index (χ3v) is 4.84. The molecule has 2 aromatic carbocycles. The molecule has 5 aromatic rings. The molecule has 0 aliphatic rings. The quantitative estimate of drug-likeness (QED) is 0.446. The number of aromatic nitrogens is 5. The number of fused-ring (bicyclic) bond motifs is 2. The van der Waals surface area contributed by atoms with Crippen molar-refractivity contribution in [3.63, 3.8) is 0 Å². The van der Waals surface area contributed by atoms with E-state index in [9.17, 15) is 4.39 Å². The van der Waals surface area contributed by atoms with E-state index in [2.05, 4.69) is 25.4 Å². The third kappa shape index (κ3) is 3.46. The molecule has 154 valence electrons. The van der Waals surface area contributed by atoms with E-state index in [0.29, 0.717) is 28.5 Å². The summed E-state index contributed by atoms with van der Waals surface area (Å²) < 4.78 is 27.6. The number of nitrogens with zero attached hydrogens (tertiary/aromatic N) is 5. The molecule has 0 saturated carbocycles. The molecule has 0 unspecified atom stereocenters. The first kappa shape index (κ1) is 18.7.